The molecule has 0 aliphatic heterocycles. The van der Waals surface area contributed by atoms with Gasteiger partial charge >= 0.3 is 0 Å². The zero-order valence-corrected chi connectivity index (χ0v) is 16.8. The number of carbonyl (C=O) groups is 1. The minimum Gasteiger partial charge on any atom is -0.271 e. The zero-order chi connectivity index (χ0) is 19.7. The van der Waals surface area contributed by atoms with Crippen molar-refractivity contribution in [2.75, 3.05) is 0 Å². The number of hydrogen-bond acceptors (Lipinski definition) is 6. The molecule has 2 aromatic heterocycles. The summed E-state index contributed by atoms with van der Waals surface area (Å²) in [4.78, 5) is 26.9. The summed E-state index contributed by atoms with van der Waals surface area (Å²) < 4.78 is 1.09. The van der Waals surface area contributed by atoms with Crippen LogP contribution in [0.15, 0.2) is 34.2 Å². The zero-order valence-electron chi connectivity index (χ0n) is 15.2. The minimum absolute atomic E-state index is 0.240. The maximum absolute atomic E-state index is 12.8. The van der Waals surface area contributed by atoms with Crippen LogP contribution in [0.4, 0.5) is 0 Å². The number of carbonyl (C=O) groups excluding carboxylic acids is 1. The molecule has 4 rings (SSSR count). The number of amides is 1. The highest BCUT2D eigenvalue weighted by Crippen LogP contribution is 2.35. The van der Waals surface area contributed by atoms with Crippen molar-refractivity contribution < 1.29 is 4.79 Å². The molecule has 1 aliphatic rings. The first kappa shape index (κ1) is 18.8. The van der Waals surface area contributed by atoms with E-state index in [0.717, 1.165) is 35.1 Å². The van der Waals surface area contributed by atoms with E-state index >= 15 is 0 Å². The quantitative estimate of drug-likeness (QED) is 0.524. The highest BCUT2D eigenvalue weighted by Gasteiger charge is 2.24. The number of aryl methyl sites for hydroxylation is 1. The molecule has 0 unspecified atom stereocenters. The molecule has 9 heteroatoms. The van der Waals surface area contributed by atoms with Crippen LogP contribution in [0, 0.1) is 5.92 Å². The van der Waals surface area contributed by atoms with Gasteiger partial charge in [0.25, 0.3) is 11.5 Å². The molecule has 0 saturated carbocycles. The van der Waals surface area contributed by atoms with Gasteiger partial charge in [-0.15, -0.1) is 16.4 Å². The first-order valence-corrected chi connectivity index (χ1v) is 10.2. The van der Waals surface area contributed by atoms with E-state index in [4.69, 9.17) is 11.6 Å². The molecule has 0 bridgehead atoms. The van der Waals surface area contributed by atoms with Crippen molar-refractivity contribution in [1.29, 1.82) is 0 Å². The second-order valence-corrected chi connectivity index (χ2v) is 8.45. The number of rotatable bonds is 4. The van der Waals surface area contributed by atoms with Crippen LogP contribution < -0.4 is 11.0 Å². The molecule has 7 nitrogen and oxygen atoms in total. The van der Waals surface area contributed by atoms with Gasteiger partial charge in [0, 0.05) is 9.90 Å². The van der Waals surface area contributed by atoms with Gasteiger partial charge in [-0.05, 0) is 48.4 Å². The maximum Gasteiger partial charge on any atom is 0.279 e. The SMILES string of the molecule is C[C@H]1CCc2c(sc3nnn(CC(=O)NN=Cc4cccc(Cl)c4)c(=O)c23)C1. The van der Waals surface area contributed by atoms with E-state index in [-0.39, 0.29) is 12.1 Å². The summed E-state index contributed by atoms with van der Waals surface area (Å²) in [6, 6.07) is 7.08. The largest absolute Gasteiger partial charge is 0.279 e. The molecule has 144 valence electrons. The van der Waals surface area contributed by atoms with Crippen molar-refractivity contribution in [3.63, 3.8) is 0 Å². The van der Waals surface area contributed by atoms with Crippen molar-refractivity contribution in [3.8, 4) is 0 Å². The van der Waals surface area contributed by atoms with E-state index in [9.17, 15) is 9.59 Å². The lowest BCUT2D eigenvalue weighted by molar-refractivity contribution is -0.121. The Hall–Kier alpha value is -2.58. The van der Waals surface area contributed by atoms with Crippen LogP contribution in [-0.4, -0.2) is 27.1 Å². The topological polar surface area (TPSA) is 89.2 Å². The molecule has 0 saturated heterocycles. The van der Waals surface area contributed by atoms with Crippen LogP contribution in [0.5, 0.6) is 0 Å². The molecule has 0 spiro atoms. The maximum atomic E-state index is 12.8. The van der Waals surface area contributed by atoms with Crippen LogP contribution in [0.2, 0.25) is 5.02 Å². The van der Waals surface area contributed by atoms with E-state index in [1.54, 1.807) is 18.2 Å². The third-order valence-electron chi connectivity index (χ3n) is 4.73. The third kappa shape index (κ3) is 3.83. The second kappa shape index (κ2) is 7.81. The van der Waals surface area contributed by atoms with Gasteiger partial charge in [-0.3, -0.25) is 9.59 Å². The van der Waals surface area contributed by atoms with Crippen LogP contribution >= 0.6 is 22.9 Å². The van der Waals surface area contributed by atoms with Gasteiger partial charge in [0.05, 0.1) is 11.6 Å². The van der Waals surface area contributed by atoms with Gasteiger partial charge in [-0.25, -0.2) is 10.1 Å². The summed E-state index contributed by atoms with van der Waals surface area (Å²) in [6.45, 7) is 1.97. The van der Waals surface area contributed by atoms with Crippen LogP contribution in [0.25, 0.3) is 10.2 Å². The molecule has 28 heavy (non-hydrogen) atoms. The van der Waals surface area contributed by atoms with Gasteiger partial charge in [-0.2, -0.15) is 5.10 Å². The normalized spacial score (nSPS) is 16.4. The number of benzene rings is 1. The van der Waals surface area contributed by atoms with E-state index < -0.39 is 5.91 Å². The molecular formula is C19H18ClN5O2S. The first-order chi connectivity index (χ1) is 13.5. The number of nitrogens with zero attached hydrogens (tertiary/aromatic N) is 4. The van der Waals surface area contributed by atoms with Gasteiger partial charge < -0.3 is 0 Å². The smallest absolute Gasteiger partial charge is 0.271 e. The summed E-state index contributed by atoms with van der Waals surface area (Å²) in [7, 11) is 0. The Morgan fingerprint density at radius 1 is 1.50 bits per heavy atom. The van der Waals surface area contributed by atoms with Crippen LogP contribution in [0.1, 0.15) is 29.3 Å². The van der Waals surface area contributed by atoms with Crippen molar-refractivity contribution in [2.45, 2.75) is 32.7 Å². The number of hydrogen-bond donors (Lipinski definition) is 1. The van der Waals surface area contributed by atoms with Crippen molar-refractivity contribution in [2.24, 2.45) is 11.0 Å². The number of hydrazone groups is 1. The van der Waals surface area contributed by atoms with E-state index in [0.29, 0.717) is 21.2 Å². The van der Waals surface area contributed by atoms with E-state index in [1.807, 2.05) is 6.07 Å². The Balaban J connectivity index is 1.51. The van der Waals surface area contributed by atoms with E-state index in [2.05, 4.69) is 27.8 Å². The van der Waals surface area contributed by atoms with Gasteiger partial charge in [0.2, 0.25) is 0 Å². The Labute approximate surface area is 170 Å². The fraction of sp³-hybridized carbons (Fsp3) is 0.316. The summed E-state index contributed by atoms with van der Waals surface area (Å²) in [5, 5.41) is 13.2. The average molecular weight is 416 g/mol. The highest BCUT2D eigenvalue weighted by molar-refractivity contribution is 7.18. The molecule has 1 aliphatic carbocycles. The van der Waals surface area contributed by atoms with Crippen molar-refractivity contribution in [1.82, 2.24) is 20.4 Å². The lowest BCUT2D eigenvalue weighted by atomic mass is 9.89. The number of nitrogens with one attached hydrogen (secondary N) is 1. The number of thiophene rings is 1. The van der Waals surface area contributed by atoms with Crippen LogP contribution in [0.3, 0.4) is 0 Å². The third-order valence-corrected chi connectivity index (χ3v) is 6.10. The average Bonchev–Trinajstić information content (AvgIpc) is 3.02. The van der Waals surface area contributed by atoms with Crippen molar-refractivity contribution in [3.05, 3.63) is 55.6 Å². The predicted molar refractivity (Wildman–Crippen MR) is 110 cm³/mol. The molecule has 0 fully saturated rings. The lowest BCUT2D eigenvalue weighted by Gasteiger charge is -2.17. The molecular weight excluding hydrogens is 398 g/mol. The molecule has 2 heterocycles. The number of halogens is 1. The van der Waals surface area contributed by atoms with E-state index in [1.165, 1.54) is 22.4 Å². The van der Waals surface area contributed by atoms with Crippen LogP contribution in [-0.2, 0) is 24.2 Å². The Bertz CT molecular complexity index is 1140. The molecule has 1 N–H and O–H groups in total. The van der Waals surface area contributed by atoms with Gasteiger partial charge in [0.1, 0.15) is 6.54 Å². The number of aromatic nitrogens is 3. The Morgan fingerprint density at radius 2 is 2.36 bits per heavy atom. The first-order valence-electron chi connectivity index (χ1n) is 8.97. The summed E-state index contributed by atoms with van der Waals surface area (Å²) in [5.74, 6) is 0.158. The summed E-state index contributed by atoms with van der Waals surface area (Å²) >= 11 is 7.44. The van der Waals surface area contributed by atoms with Crippen molar-refractivity contribution >= 4 is 45.3 Å². The highest BCUT2D eigenvalue weighted by atomic mass is 35.5. The molecule has 3 aromatic rings. The monoisotopic (exact) mass is 415 g/mol. The Kier molecular flexibility index (Phi) is 5.23. The molecule has 1 aromatic carbocycles. The fourth-order valence-corrected chi connectivity index (χ4v) is 4.85. The molecule has 1 atom stereocenters. The lowest BCUT2D eigenvalue weighted by Crippen LogP contribution is -2.32. The minimum atomic E-state index is -0.452. The number of fused-ring (bicyclic) bond motifs is 3. The summed E-state index contributed by atoms with van der Waals surface area (Å²) in [6.07, 6.45) is 4.37. The fourth-order valence-electron chi connectivity index (χ4n) is 3.33. The van der Waals surface area contributed by atoms with Gasteiger partial charge in [0.15, 0.2) is 4.83 Å². The standard InChI is InChI=1S/C19H18ClN5O2S/c1-11-5-6-14-15(7-11)28-18-17(14)19(27)25(24-23-18)10-16(26)22-21-9-12-3-2-4-13(20)8-12/h2-4,8-9,11H,5-7,10H2,1H3,(H,22,26)/t11-/m0/s1. The van der Waals surface area contributed by atoms with Gasteiger partial charge in [-0.1, -0.05) is 35.9 Å². The molecule has 0 radical (unpaired) electrons. The molecule has 1 amide bonds. The summed E-state index contributed by atoms with van der Waals surface area (Å²) in [5.41, 5.74) is 3.96. The second-order valence-electron chi connectivity index (χ2n) is 6.93. The Morgan fingerprint density at radius 3 is 3.18 bits per heavy atom. The predicted octanol–water partition coefficient (Wildman–Crippen LogP) is 2.78.